The fourth-order valence-corrected chi connectivity index (χ4v) is 1.000. The van der Waals surface area contributed by atoms with E-state index in [1.54, 1.807) is 6.20 Å². The maximum Gasteiger partial charge on any atom is 0.138 e. The summed E-state index contributed by atoms with van der Waals surface area (Å²) in [7, 11) is 0. The number of halogens is 1. The van der Waals surface area contributed by atoms with Crippen LogP contribution in [0.25, 0.3) is 0 Å². The third-order valence-electron chi connectivity index (χ3n) is 1.10. The first kappa shape index (κ1) is 6.55. The summed E-state index contributed by atoms with van der Waals surface area (Å²) in [6.07, 6.45) is 1.75. The minimum atomic E-state index is 0.873. The molecule has 0 aliphatic carbocycles. The fourth-order valence-electron chi connectivity index (χ4n) is 0.585. The lowest BCUT2D eigenvalue weighted by Gasteiger charge is -1.98. The van der Waals surface area contributed by atoms with Gasteiger partial charge in [-0.25, -0.2) is 4.98 Å². The highest BCUT2D eigenvalue weighted by Gasteiger charge is 1.91. The number of anilines is 1. The summed E-state index contributed by atoms with van der Waals surface area (Å²) in [5.41, 5.74) is 1.13. The van der Waals surface area contributed by atoms with Crippen molar-refractivity contribution in [2.24, 2.45) is 0 Å². The van der Waals surface area contributed by atoms with Gasteiger partial charge in [0, 0.05) is 22.3 Å². The summed E-state index contributed by atoms with van der Waals surface area (Å²) in [6.45, 7) is 2.00. The molecule has 0 aromatic carbocycles. The Hall–Kier alpha value is -0.570. The van der Waals surface area contributed by atoms with Gasteiger partial charge in [0.05, 0.1) is 0 Å². The molecule has 0 spiro atoms. The second-order valence-electron chi connectivity index (χ2n) is 1.76. The molecule has 1 rings (SSSR count). The number of hydrogen-bond donors (Lipinski definition) is 1. The Bertz CT molecular complexity index is 200. The average molecular weight is 187 g/mol. The number of rotatable bonds is 1. The van der Waals surface area contributed by atoms with Crippen LogP contribution in [0.1, 0.15) is 5.56 Å². The Labute approximate surface area is 62.6 Å². The van der Waals surface area contributed by atoms with Crippen molar-refractivity contribution in [1.82, 2.24) is 4.98 Å². The second-order valence-corrected chi connectivity index (χ2v) is 2.16. The Morgan fingerprint density at radius 3 is 2.89 bits per heavy atom. The molecule has 9 heavy (non-hydrogen) atoms. The Kier molecular flexibility index (Phi) is 2.05. The minimum Gasteiger partial charge on any atom is -0.307 e. The van der Waals surface area contributed by atoms with Gasteiger partial charge in [-0.15, -0.1) is 0 Å². The zero-order valence-electron chi connectivity index (χ0n) is 5.06. The van der Waals surface area contributed by atoms with Gasteiger partial charge in [-0.1, -0.05) is 6.07 Å². The van der Waals surface area contributed by atoms with Crippen LogP contribution in [-0.4, -0.2) is 4.98 Å². The van der Waals surface area contributed by atoms with Crippen LogP contribution in [0.2, 0.25) is 0 Å². The second kappa shape index (κ2) is 2.82. The van der Waals surface area contributed by atoms with Gasteiger partial charge in [0.1, 0.15) is 5.82 Å². The molecular formula is C6H7BrN2. The van der Waals surface area contributed by atoms with Crippen LogP contribution >= 0.6 is 16.1 Å². The number of nitrogens with one attached hydrogen (secondary N) is 1. The molecule has 0 atom stereocenters. The van der Waals surface area contributed by atoms with E-state index >= 15 is 0 Å². The van der Waals surface area contributed by atoms with Crippen LogP contribution in [0.4, 0.5) is 5.82 Å². The van der Waals surface area contributed by atoms with E-state index in [2.05, 4.69) is 25.5 Å². The van der Waals surface area contributed by atoms with Gasteiger partial charge in [0.2, 0.25) is 0 Å². The van der Waals surface area contributed by atoms with E-state index in [0.29, 0.717) is 0 Å². The standard InChI is InChI=1S/C6H7BrN2/c1-5-3-2-4-8-6(5)9-7/h2-4H,1H3,(H,8,9). The molecule has 2 nitrogen and oxygen atoms in total. The van der Waals surface area contributed by atoms with Gasteiger partial charge < -0.3 is 4.34 Å². The van der Waals surface area contributed by atoms with Crippen molar-refractivity contribution in [2.45, 2.75) is 6.92 Å². The van der Waals surface area contributed by atoms with E-state index in [0.717, 1.165) is 11.4 Å². The summed E-state index contributed by atoms with van der Waals surface area (Å²) in [6, 6.07) is 3.90. The van der Waals surface area contributed by atoms with E-state index < -0.39 is 0 Å². The monoisotopic (exact) mass is 186 g/mol. The molecule has 0 aliphatic rings. The van der Waals surface area contributed by atoms with Crippen molar-refractivity contribution in [1.29, 1.82) is 0 Å². The predicted molar refractivity (Wildman–Crippen MR) is 41.5 cm³/mol. The van der Waals surface area contributed by atoms with Crippen LogP contribution in [0.15, 0.2) is 18.3 Å². The lowest BCUT2D eigenvalue weighted by Crippen LogP contribution is -1.86. The highest BCUT2D eigenvalue weighted by molar-refractivity contribution is 9.10. The van der Waals surface area contributed by atoms with Gasteiger partial charge in [-0.3, -0.25) is 0 Å². The quantitative estimate of drug-likeness (QED) is 0.681. The number of aromatic nitrogens is 1. The molecular weight excluding hydrogens is 180 g/mol. The fraction of sp³-hybridized carbons (Fsp3) is 0.167. The van der Waals surface area contributed by atoms with Gasteiger partial charge >= 0.3 is 0 Å². The minimum absolute atomic E-state index is 0.873. The Balaban J connectivity index is 3.01. The molecule has 48 valence electrons. The van der Waals surface area contributed by atoms with Crippen molar-refractivity contribution in [3.05, 3.63) is 23.9 Å². The number of aryl methyl sites for hydroxylation is 1. The van der Waals surface area contributed by atoms with Gasteiger partial charge in [-0.2, -0.15) is 0 Å². The Morgan fingerprint density at radius 2 is 2.44 bits per heavy atom. The topological polar surface area (TPSA) is 24.9 Å². The molecule has 1 heterocycles. The first-order valence-corrected chi connectivity index (χ1v) is 3.42. The SMILES string of the molecule is Cc1cccnc1NBr. The molecule has 0 saturated heterocycles. The van der Waals surface area contributed by atoms with E-state index in [-0.39, 0.29) is 0 Å². The zero-order valence-corrected chi connectivity index (χ0v) is 6.64. The molecule has 0 amide bonds. The summed E-state index contributed by atoms with van der Waals surface area (Å²) in [5.74, 6) is 0.873. The van der Waals surface area contributed by atoms with Crippen molar-refractivity contribution in [2.75, 3.05) is 4.34 Å². The molecule has 0 aliphatic heterocycles. The Morgan fingerprint density at radius 1 is 1.67 bits per heavy atom. The first-order valence-electron chi connectivity index (χ1n) is 2.63. The predicted octanol–water partition coefficient (Wildman–Crippen LogP) is 2.11. The van der Waals surface area contributed by atoms with Crippen LogP contribution < -0.4 is 4.34 Å². The molecule has 3 heteroatoms. The summed E-state index contributed by atoms with van der Waals surface area (Å²) < 4.78 is 2.80. The zero-order chi connectivity index (χ0) is 6.69. The van der Waals surface area contributed by atoms with Crippen LogP contribution in [-0.2, 0) is 0 Å². The van der Waals surface area contributed by atoms with Crippen molar-refractivity contribution < 1.29 is 0 Å². The summed E-state index contributed by atoms with van der Waals surface area (Å²) in [4.78, 5) is 4.04. The normalized spacial score (nSPS) is 9.11. The van der Waals surface area contributed by atoms with Crippen LogP contribution in [0.5, 0.6) is 0 Å². The number of hydrogen-bond acceptors (Lipinski definition) is 2. The van der Waals surface area contributed by atoms with E-state index in [4.69, 9.17) is 0 Å². The molecule has 0 fully saturated rings. The third-order valence-corrected chi connectivity index (χ3v) is 1.47. The van der Waals surface area contributed by atoms with E-state index in [1.807, 2.05) is 19.1 Å². The average Bonchev–Trinajstić information content (AvgIpc) is 1.89. The molecule has 0 saturated carbocycles. The molecule has 1 aromatic rings. The van der Waals surface area contributed by atoms with Crippen LogP contribution in [0, 0.1) is 6.92 Å². The lowest BCUT2D eigenvalue weighted by atomic mass is 10.3. The molecule has 0 unspecified atom stereocenters. The molecule has 1 N–H and O–H groups in total. The molecule has 0 radical (unpaired) electrons. The number of pyridine rings is 1. The summed E-state index contributed by atoms with van der Waals surface area (Å²) in [5, 5.41) is 0. The first-order chi connectivity index (χ1) is 4.34. The smallest absolute Gasteiger partial charge is 0.138 e. The molecule has 1 aromatic heterocycles. The maximum absolute atomic E-state index is 4.04. The van der Waals surface area contributed by atoms with Gasteiger partial charge in [-0.05, 0) is 18.6 Å². The van der Waals surface area contributed by atoms with Gasteiger partial charge in [0.25, 0.3) is 0 Å². The largest absolute Gasteiger partial charge is 0.307 e. The van der Waals surface area contributed by atoms with E-state index in [1.165, 1.54) is 0 Å². The third kappa shape index (κ3) is 1.42. The van der Waals surface area contributed by atoms with Crippen molar-refractivity contribution in [3.8, 4) is 0 Å². The highest BCUT2D eigenvalue weighted by Crippen LogP contribution is 2.09. The molecule has 0 bridgehead atoms. The highest BCUT2D eigenvalue weighted by atomic mass is 79.9. The maximum atomic E-state index is 4.04. The lowest BCUT2D eigenvalue weighted by molar-refractivity contribution is 1.28. The summed E-state index contributed by atoms with van der Waals surface area (Å²) >= 11 is 3.10. The van der Waals surface area contributed by atoms with Crippen molar-refractivity contribution in [3.63, 3.8) is 0 Å². The van der Waals surface area contributed by atoms with Crippen LogP contribution in [0.3, 0.4) is 0 Å². The van der Waals surface area contributed by atoms with Crippen molar-refractivity contribution >= 4 is 22.0 Å². The number of nitrogens with zero attached hydrogens (tertiary/aromatic N) is 1. The van der Waals surface area contributed by atoms with Gasteiger partial charge in [0.15, 0.2) is 0 Å². The van der Waals surface area contributed by atoms with E-state index in [9.17, 15) is 0 Å².